The van der Waals surface area contributed by atoms with Crippen LogP contribution in [0.5, 0.6) is 0 Å². The van der Waals surface area contributed by atoms with Gasteiger partial charge >= 0.3 is 0 Å². The highest BCUT2D eigenvalue weighted by atomic mass is 32.2. The van der Waals surface area contributed by atoms with E-state index in [4.69, 9.17) is 0 Å². The van der Waals surface area contributed by atoms with Crippen molar-refractivity contribution in [1.29, 1.82) is 0 Å². The van der Waals surface area contributed by atoms with Crippen molar-refractivity contribution in [2.75, 3.05) is 38.5 Å². The van der Waals surface area contributed by atoms with E-state index in [1.54, 1.807) is 4.31 Å². The van der Waals surface area contributed by atoms with Crippen molar-refractivity contribution in [2.45, 2.75) is 26.7 Å². The number of rotatable bonds is 6. The minimum atomic E-state index is -3.03. The molecular weight excluding hydrogens is 224 g/mol. The topological polar surface area (TPSA) is 40.6 Å². The lowest BCUT2D eigenvalue weighted by Crippen LogP contribution is -2.40. The van der Waals surface area contributed by atoms with Gasteiger partial charge in [-0.25, -0.2) is 12.7 Å². The van der Waals surface area contributed by atoms with E-state index < -0.39 is 10.0 Å². The van der Waals surface area contributed by atoms with Gasteiger partial charge in [-0.2, -0.15) is 0 Å². The molecule has 0 saturated carbocycles. The second-order valence-corrected chi connectivity index (χ2v) is 6.20. The molecule has 0 N–H and O–H groups in total. The molecule has 1 saturated heterocycles. The summed E-state index contributed by atoms with van der Waals surface area (Å²) >= 11 is 0. The molecule has 1 radical (unpaired) electrons. The van der Waals surface area contributed by atoms with E-state index in [-0.39, 0.29) is 5.75 Å². The molecule has 1 aliphatic heterocycles. The molecular formula is C11H23N2O2S. The van der Waals surface area contributed by atoms with Crippen molar-refractivity contribution in [2.24, 2.45) is 0 Å². The molecule has 1 heterocycles. The number of piperidine rings is 1. The van der Waals surface area contributed by atoms with Crippen molar-refractivity contribution in [3.05, 3.63) is 6.42 Å². The highest BCUT2D eigenvalue weighted by Crippen LogP contribution is 2.12. The molecule has 5 heteroatoms. The maximum atomic E-state index is 12.0. The smallest absolute Gasteiger partial charge is 0.215 e. The Hall–Kier alpha value is -0.130. The molecule has 1 fully saturated rings. The molecule has 1 aliphatic rings. The molecule has 0 atom stereocenters. The van der Waals surface area contributed by atoms with Crippen LogP contribution in [0.2, 0.25) is 0 Å². The van der Waals surface area contributed by atoms with Gasteiger partial charge in [0.2, 0.25) is 10.0 Å². The van der Waals surface area contributed by atoms with Crippen molar-refractivity contribution in [1.82, 2.24) is 9.21 Å². The zero-order valence-corrected chi connectivity index (χ0v) is 11.2. The third-order valence-corrected chi connectivity index (χ3v) is 4.97. The average Bonchev–Trinajstić information content (AvgIpc) is 2.31. The number of hydrogen-bond acceptors (Lipinski definition) is 3. The molecule has 95 valence electrons. The minimum Gasteiger partial charge on any atom is -0.303 e. The van der Waals surface area contributed by atoms with Gasteiger partial charge in [0.15, 0.2) is 0 Å². The Morgan fingerprint density at radius 2 is 1.75 bits per heavy atom. The standard InChI is InChI=1S/C11H23N2O2S/c1-3-12(4-2)10-11-16(14,15)13-8-6-5-7-9-13/h5H,3-4,6-11H2,1-2H3. The maximum absolute atomic E-state index is 12.0. The highest BCUT2D eigenvalue weighted by molar-refractivity contribution is 7.89. The van der Waals surface area contributed by atoms with Crippen LogP contribution in [0.25, 0.3) is 0 Å². The quantitative estimate of drug-likeness (QED) is 0.702. The lowest BCUT2D eigenvalue weighted by atomic mass is 10.2. The van der Waals surface area contributed by atoms with Crippen LogP contribution < -0.4 is 0 Å². The number of nitrogens with zero attached hydrogens (tertiary/aromatic N) is 2. The fraction of sp³-hybridized carbons (Fsp3) is 0.909. The molecule has 0 aromatic rings. The van der Waals surface area contributed by atoms with Crippen LogP contribution >= 0.6 is 0 Å². The molecule has 0 aromatic heterocycles. The van der Waals surface area contributed by atoms with E-state index in [9.17, 15) is 8.42 Å². The van der Waals surface area contributed by atoms with E-state index in [2.05, 4.69) is 25.2 Å². The van der Waals surface area contributed by atoms with Gasteiger partial charge in [0.1, 0.15) is 0 Å². The summed E-state index contributed by atoms with van der Waals surface area (Å²) in [5.74, 6) is 0.259. The average molecular weight is 247 g/mol. The molecule has 0 bridgehead atoms. The summed E-state index contributed by atoms with van der Waals surface area (Å²) in [4.78, 5) is 2.15. The number of hydrogen-bond donors (Lipinski definition) is 0. The second kappa shape index (κ2) is 6.57. The van der Waals surface area contributed by atoms with Crippen molar-refractivity contribution in [3.63, 3.8) is 0 Å². The van der Waals surface area contributed by atoms with Crippen LogP contribution in [0.4, 0.5) is 0 Å². The van der Waals surface area contributed by atoms with Crippen molar-refractivity contribution >= 4 is 10.0 Å². The monoisotopic (exact) mass is 247 g/mol. The third kappa shape index (κ3) is 4.03. The van der Waals surface area contributed by atoms with Crippen LogP contribution in [-0.2, 0) is 10.0 Å². The summed E-state index contributed by atoms with van der Waals surface area (Å²) < 4.78 is 25.6. The zero-order chi connectivity index (χ0) is 12.0. The first-order valence-corrected chi connectivity index (χ1v) is 7.73. The Morgan fingerprint density at radius 1 is 1.19 bits per heavy atom. The van der Waals surface area contributed by atoms with Gasteiger partial charge < -0.3 is 4.90 Å². The lowest BCUT2D eigenvalue weighted by molar-refractivity contribution is 0.316. The number of sulfonamides is 1. The van der Waals surface area contributed by atoms with Gasteiger partial charge in [0.05, 0.1) is 5.75 Å². The van der Waals surface area contributed by atoms with Gasteiger partial charge in [-0.3, -0.25) is 0 Å². The predicted octanol–water partition coefficient (Wildman–Crippen LogP) is 0.958. The summed E-state index contributed by atoms with van der Waals surface area (Å²) in [6.07, 6.45) is 3.95. The molecule has 0 unspecified atom stereocenters. The van der Waals surface area contributed by atoms with E-state index in [1.165, 1.54) is 0 Å². The first-order valence-electron chi connectivity index (χ1n) is 6.12. The fourth-order valence-corrected chi connectivity index (χ4v) is 3.43. The molecule has 16 heavy (non-hydrogen) atoms. The van der Waals surface area contributed by atoms with Crippen LogP contribution in [0.3, 0.4) is 0 Å². The fourth-order valence-electron chi connectivity index (χ4n) is 1.92. The van der Waals surface area contributed by atoms with Gasteiger partial charge in [0.25, 0.3) is 0 Å². The molecule has 0 aromatic carbocycles. The maximum Gasteiger partial charge on any atom is 0.215 e. The Morgan fingerprint density at radius 3 is 2.25 bits per heavy atom. The molecule has 0 aliphatic carbocycles. The van der Waals surface area contributed by atoms with E-state index >= 15 is 0 Å². The summed E-state index contributed by atoms with van der Waals surface area (Å²) in [6.45, 7) is 7.94. The van der Waals surface area contributed by atoms with Gasteiger partial charge in [-0.05, 0) is 32.4 Å². The normalized spacial score (nSPS) is 19.2. The molecule has 0 amide bonds. The zero-order valence-electron chi connectivity index (χ0n) is 10.4. The third-order valence-electron chi connectivity index (χ3n) is 3.12. The first-order chi connectivity index (χ1) is 7.60. The first kappa shape index (κ1) is 13.9. The van der Waals surface area contributed by atoms with E-state index in [0.717, 1.165) is 25.9 Å². The van der Waals surface area contributed by atoms with Crippen LogP contribution in [0, 0.1) is 6.42 Å². The summed E-state index contributed by atoms with van der Waals surface area (Å²) in [7, 11) is -3.03. The lowest BCUT2D eigenvalue weighted by Gasteiger charge is -2.27. The summed E-state index contributed by atoms with van der Waals surface area (Å²) in [6, 6.07) is 0. The van der Waals surface area contributed by atoms with Crippen molar-refractivity contribution < 1.29 is 8.42 Å². The van der Waals surface area contributed by atoms with Crippen molar-refractivity contribution in [3.8, 4) is 0 Å². The van der Waals surface area contributed by atoms with Crippen LogP contribution in [0.15, 0.2) is 0 Å². The second-order valence-electron chi connectivity index (χ2n) is 4.11. The molecule has 4 nitrogen and oxygen atoms in total. The highest BCUT2D eigenvalue weighted by Gasteiger charge is 2.23. The Kier molecular flexibility index (Phi) is 5.72. The van der Waals surface area contributed by atoms with Gasteiger partial charge in [-0.1, -0.05) is 13.8 Å². The van der Waals surface area contributed by atoms with Crippen LogP contribution in [0.1, 0.15) is 26.7 Å². The van der Waals surface area contributed by atoms with Crippen LogP contribution in [-0.4, -0.2) is 56.1 Å². The van der Waals surface area contributed by atoms with E-state index in [0.29, 0.717) is 19.6 Å². The minimum absolute atomic E-state index is 0.259. The summed E-state index contributed by atoms with van der Waals surface area (Å²) in [5.41, 5.74) is 0. The van der Waals surface area contributed by atoms with E-state index in [1.807, 2.05) is 0 Å². The Labute approximate surface area is 99.7 Å². The Bertz CT molecular complexity index is 280. The SMILES string of the molecule is CCN(CC)CCS(=O)(=O)N1CC[CH]CC1. The molecule has 1 rings (SSSR count). The predicted molar refractivity (Wildman–Crippen MR) is 66.7 cm³/mol. The summed E-state index contributed by atoms with van der Waals surface area (Å²) in [5, 5.41) is 0. The Balaban J connectivity index is 2.44. The molecule has 0 spiro atoms. The van der Waals surface area contributed by atoms with Gasteiger partial charge in [-0.15, -0.1) is 0 Å². The largest absolute Gasteiger partial charge is 0.303 e. The van der Waals surface area contributed by atoms with Gasteiger partial charge in [0, 0.05) is 19.6 Å².